The lowest BCUT2D eigenvalue weighted by Gasteiger charge is -2.38. The third kappa shape index (κ3) is 3.57. The quantitative estimate of drug-likeness (QED) is 0.849. The molecule has 19 heavy (non-hydrogen) atoms. The molecule has 1 aromatic carbocycles. The maximum atomic E-state index is 13.5. The Balaban J connectivity index is 2.27. The summed E-state index contributed by atoms with van der Waals surface area (Å²) >= 11 is 3.56. The van der Waals surface area contributed by atoms with E-state index in [-0.39, 0.29) is 11.4 Å². The fraction of sp³-hybridized carbons (Fsp3) is 0.625. The minimum absolute atomic E-state index is 0.104. The van der Waals surface area contributed by atoms with Crippen LogP contribution in [0.25, 0.3) is 0 Å². The number of nitrogens with one attached hydrogen (secondary N) is 1. The fourth-order valence-electron chi connectivity index (χ4n) is 3.03. The Labute approximate surface area is 124 Å². The summed E-state index contributed by atoms with van der Waals surface area (Å²) in [4.78, 5) is 0. The first-order valence-electron chi connectivity index (χ1n) is 7.22. The van der Waals surface area contributed by atoms with Crippen molar-refractivity contribution in [3.05, 3.63) is 34.1 Å². The molecule has 1 atom stereocenters. The van der Waals surface area contributed by atoms with Crippen molar-refractivity contribution in [2.24, 2.45) is 5.92 Å². The Morgan fingerprint density at radius 2 is 2.11 bits per heavy atom. The molecule has 3 heteroatoms. The number of rotatable bonds is 3. The average molecular weight is 328 g/mol. The second-order valence-electron chi connectivity index (χ2n) is 5.96. The van der Waals surface area contributed by atoms with Crippen LogP contribution in [0.1, 0.15) is 45.1 Å². The van der Waals surface area contributed by atoms with E-state index in [4.69, 9.17) is 0 Å². The van der Waals surface area contributed by atoms with Crippen LogP contribution >= 0.6 is 15.9 Å². The first-order chi connectivity index (χ1) is 9.03. The number of benzene rings is 1. The topological polar surface area (TPSA) is 12.0 Å². The van der Waals surface area contributed by atoms with Crippen molar-refractivity contribution in [3.8, 4) is 0 Å². The Kier molecular flexibility index (Phi) is 5.02. The van der Waals surface area contributed by atoms with Crippen molar-refractivity contribution < 1.29 is 4.39 Å². The lowest BCUT2D eigenvalue weighted by molar-refractivity contribution is 0.225. The van der Waals surface area contributed by atoms with Crippen LogP contribution in [0.3, 0.4) is 0 Å². The summed E-state index contributed by atoms with van der Waals surface area (Å²) in [6, 6.07) is 4.99. The average Bonchev–Trinajstić information content (AvgIpc) is 2.60. The van der Waals surface area contributed by atoms with E-state index in [1.54, 1.807) is 6.07 Å². The zero-order valence-corrected chi connectivity index (χ0v) is 13.4. The van der Waals surface area contributed by atoms with Gasteiger partial charge in [0.25, 0.3) is 0 Å². The second-order valence-corrected chi connectivity index (χ2v) is 6.82. The van der Waals surface area contributed by atoms with Gasteiger partial charge in [-0.1, -0.05) is 42.6 Å². The van der Waals surface area contributed by atoms with Crippen molar-refractivity contribution in [3.63, 3.8) is 0 Å². The van der Waals surface area contributed by atoms with Crippen LogP contribution in [0.4, 0.5) is 4.39 Å². The summed E-state index contributed by atoms with van der Waals surface area (Å²) in [5.74, 6) is 0.395. The van der Waals surface area contributed by atoms with E-state index in [1.807, 2.05) is 6.07 Å². The molecule has 2 rings (SSSR count). The molecule has 0 aromatic heterocycles. The molecule has 106 valence electrons. The molecule has 1 unspecified atom stereocenters. The highest BCUT2D eigenvalue weighted by atomic mass is 79.9. The van der Waals surface area contributed by atoms with Crippen LogP contribution in [0.2, 0.25) is 0 Å². The standard InChI is InChI=1S/C16H23BrFN/c1-12(2)16(8-4-3-5-9-19-16)11-13-10-14(18)6-7-15(13)17/h6-7,10,12,19H,3-5,8-9,11H2,1-2H3. The van der Waals surface area contributed by atoms with Gasteiger partial charge in [0, 0.05) is 10.0 Å². The lowest BCUT2D eigenvalue weighted by atomic mass is 9.77. The molecule has 1 aliphatic heterocycles. The molecule has 1 heterocycles. The molecule has 0 amide bonds. The van der Waals surface area contributed by atoms with E-state index in [0.29, 0.717) is 5.92 Å². The maximum absolute atomic E-state index is 13.5. The molecular weight excluding hydrogens is 305 g/mol. The highest BCUT2D eigenvalue weighted by molar-refractivity contribution is 9.10. The van der Waals surface area contributed by atoms with Gasteiger partial charge in [0.2, 0.25) is 0 Å². The third-order valence-corrected chi connectivity index (χ3v) is 5.17. The summed E-state index contributed by atoms with van der Waals surface area (Å²) in [5, 5.41) is 3.75. The predicted octanol–water partition coefficient (Wildman–Crippen LogP) is 4.69. The lowest BCUT2D eigenvalue weighted by Crippen LogP contribution is -2.51. The molecule has 1 aliphatic rings. The minimum atomic E-state index is -0.147. The summed E-state index contributed by atoms with van der Waals surface area (Å²) in [7, 11) is 0. The molecule has 1 nitrogen and oxygen atoms in total. The first kappa shape index (κ1) is 15.0. The third-order valence-electron chi connectivity index (χ3n) is 4.40. The Bertz CT molecular complexity index is 423. The zero-order valence-electron chi connectivity index (χ0n) is 11.8. The number of hydrogen-bond acceptors (Lipinski definition) is 1. The van der Waals surface area contributed by atoms with Crippen LogP contribution in [0, 0.1) is 11.7 Å². The first-order valence-corrected chi connectivity index (χ1v) is 8.02. The monoisotopic (exact) mass is 327 g/mol. The predicted molar refractivity (Wildman–Crippen MR) is 81.8 cm³/mol. The zero-order chi connectivity index (χ0) is 13.9. The van der Waals surface area contributed by atoms with Crippen molar-refractivity contribution in [1.29, 1.82) is 0 Å². The van der Waals surface area contributed by atoms with Crippen LogP contribution < -0.4 is 5.32 Å². The normalized spacial score (nSPS) is 24.5. The molecule has 0 bridgehead atoms. The molecular formula is C16H23BrFN. The van der Waals surface area contributed by atoms with E-state index in [2.05, 4.69) is 35.1 Å². The molecule has 1 N–H and O–H groups in total. The van der Waals surface area contributed by atoms with Crippen LogP contribution in [0.15, 0.2) is 22.7 Å². The van der Waals surface area contributed by atoms with Crippen molar-refractivity contribution in [2.45, 2.75) is 51.5 Å². The molecule has 1 saturated heterocycles. The SMILES string of the molecule is CC(C)C1(Cc2cc(F)ccc2Br)CCCCCN1. The van der Waals surface area contributed by atoms with Crippen LogP contribution in [-0.2, 0) is 6.42 Å². The van der Waals surface area contributed by atoms with E-state index in [1.165, 1.54) is 31.7 Å². The van der Waals surface area contributed by atoms with Gasteiger partial charge in [-0.2, -0.15) is 0 Å². The van der Waals surface area contributed by atoms with Gasteiger partial charge in [-0.3, -0.25) is 0 Å². The van der Waals surface area contributed by atoms with E-state index in [9.17, 15) is 4.39 Å². The van der Waals surface area contributed by atoms with Crippen molar-refractivity contribution >= 4 is 15.9 Å². The molecule has 1 aromatic rings. The number of hydrogen-bond donors (Lipinski definition) is 1. The van der Waals surface area contributed by atoms with Gasteiger partial charge >= 0.3 is 0 Å². The van der Waals surface area contributed by atoms with Gasteiger partial charge in [-0.25, -0.2) is 4.39 Å². The Morgan fingerprint density at radius 1 is 1.32 bits per heavy atom. The van der Waals surface area contributed by atoms with Gasteiger partial charge < -0.3 is 5.32 Å². The van der Waals surface area contributed by atoms with Gasteiger partial charge in [0.05, 0.1) is 0 Å². The summed E-state index contributed by atoms with van der Waals surface area (Å²) in [6.45, 7) is 5.61. The van der Waals surface area contributed by atoms with Gasteiger partial charge in [-0.05, 0) is 55.5 Å². The Morgan fingerprint density at radius 3 is 2.84 bits per heavy atom. The summed E-state index contributed by atoms with van der Waals surface area (Å²) in [5.41, 5.74) is 1.18. The summed E-state index contributed by atoms with van der Waals surface area (Å²) < 4.78 is 14.5. The van der Waals surface area contributed by atoms with Crippen LogP contribution in [-0.4, -0.2) is 12.1 Å². The maximum Gasteiger partial charge on any atom is 0.123 e. The molecule has 1 fully saturated rings. The van der Waals surface area contributed by atoms with Crippen molar-refractivity contribution in [2.75, 3.05) is 6.54 Å². The highest BCUT2D eigenvalue weighted by Crippen LogP contribution is 2.33. The van der Waals surface area contributed by atoms with E-state index < -0.39 is 0 Å². The van der Waals surface area contributed by atoms with Gasteiger partial charge in [-0.15, -0.1) is 0 Å². The molecule has 0 saturated carbocycles. The smallest absolute Gasteiger partial charge is 0.123 e. The summed E-state index contributed by atoms with van der Waals surface area (Å²) in [6.07, 6.45) is 5.87. The van der Waals surface area contributed by atoms with Crippen molar-refractivity contribution in [1.82, 2.24) is 5.32 Å². The molecule has 0 spiro atoms. The Hall–Kier alpha value is -0.410. The van der Waals surface area contributed by atoms with Gasteiger partial charge in [0.1, 0.15) is 5.82 Å². The van der Waals surface area contributed by atoms with Gasteiger partial charge in [0.15, 0.2) is 0 Å². The second kappa shape index (κ2) is 6.36. The molecule has 0 aliphatic carbocycles. The van der Waals surface area contributed by atoms with E-state index >= 15 is 0 Å². The fourth-order valence-corrected chi connectivity index (χ4v) is 3.42. The van der Waals surface area contributed by atoms with Crippen LogP contribution in [0.5, 0.6) is 0 Å². The number of halogens is 2. The molecule has 0 radical (unpaired) electrons. The van der Waals surface area contributed by atoms with E-state index in [0.717, 1.165) is 23.0 Å². The highest BCUT2D eigenvalue weighted by Gasteiger charge is 2.34. The largest absolute Gasteiger partial charge is 0.311 e. The minimum Gasteiger partial charge on any atom is -0.311 e.